The van der Waals surface area contributed by atoms with Gasteiger partial charge in [-0.15, -0.1) is 0 Å². The molecule has 128 valence electrons. The molecule has 3 aromatic rings. The van der Waals surface area contributed by atoms with Gasteiger partial charge in [-0.1, -0.05) is 46.3 Å². The summed E-state index contributed by atoms with van der Waals surface area (Å²) in [6.45, 7) is 4.55. The van der Waals surface area contributed by atoms with Gasteiger partial charge < -0.3 is 0 Å². The molecule has 0 saturated carbocycles. The summed E-state index contributed by atoms with van der Waals surface area (Å²) in [7, 11) is 0. The molecular weight excluding hydrogens is 378 g/mol. The fraction of sp³-hybridized carbons (Fsp3) is 0.200. The molecule has 1 heterocycles. The maximum Gasteiger partial charge on any atom is 0.280 e. The van der Waals surface area contributed by atoms with Gasteiger partial charge in [-0.25, -0.2) is 4.68 Å². The van der Waals surface area contributed by atoms with Gasteiger partial charge in [0.1, 0.15) is 0 Å². The van der Waals surface area contributed by atoms with E-state index in [9.17, 15) is 4.79 Å². The maximum absolute atomic E-state index is 12.7. The number of aliphatic imine (C=N–C) groups is 1. The first-order chi connectivity index (χ1) is 12.1. The van der Waals surface area contributed by atoms with E-state index in [1.54, 1.807) is 10.9 Å². The highest BCUT2D eigenvalue weighted by molar-refractivity contribution is 9.10. The number of nitrogens with zero attached hydrogens (tertiary/aromatic N) is 2. The summed E-state index contributed by atoms with van der Waals surface area (Å²) in [5, 5.41) is 3.13. The van der Waals surface area contributed by atoms with E-state index in [0.717, 1.165) is 27.8 Å². The summed E-state index contributed by atoms with van der Waals surface area (Å²) in [5.74, 6) is 0. The Labute approximate surface area is 155 Å². The lowest BCUT2D eigenvalue weighted by Crippen LogP contribution is -2.17. The van der Waals surface area contributed by atoms with Crippen LogP contribution in [0.5, 0.6) is 0 Å². The molecule has 2 aromatic carbocycles. The van der Waals surface area contributed by atoms with Crippen LogP contribution >= 0.6 is 15.9 Å². The Morgan fingerprint density at radius 2 is 1.92 bits per heavy atom. The number of aromatic amines is 1. The van der Waals surface area contributed by atoms with Gasteiger partial charge in [-0.2, -0.15) is 0 Å². The van der Waals surface area contributed by atoms with E-state index >= 15 is 0 Å². The smallest absolute Gasteiger partial charge is 0.280 e. The summed E-state index contributed by atoms with van der Waals surface area (Å²) >= 11 is 3.48. The molecule has 0 aliphatic carbocycles. The van der Waals surface area contributed by atoms with E-state index in [-0.39, 0.29) is 5.56 Å². The average molecular weight is 398 g/mol. The second-order valence-corrected chi connectivity index (χ2v) is 6.85. The highest BCUT2D eigenvalue weighted by Crippen LogP contribution is 2.18. The molecule has 0 aliphatic heterocycles. The van der Waals surface area contributed by atoms with Crippen molar-refractivity contribution < 1.29 is 0 Å². The molecule has 0 radical (unpaired) electrons. The van der Waals surface area contributed by atoms with Gasteiger partial charge >= 0.3 is 0 Å². The third-order valence-electron chi connectivity index (χ3n) is 4.11. The number of hydrogen-bond donors (Lipinski definition) is 1. The van der Waals surface area contributed by atoms with Crippen molar-refractivity contribution in [3.8, 4) is 5.69 Å². The van der Waals surface area contributed by atoms with E-state index in [4.69, 9.17) is 0 Å². The minimum Gasteiger partial charge on any atom is -0.295 e. The third-order valence-corrected chi connectivity index (χ3v) is 5.00. The van der Waals surface area contributed by atoms with Crippen LogP contribution in [0, 0.1) is 13.8 Å². The summed E-state index contributed by atoms with van der Waals surface area (Å²) in [6.07, 6.45) is 2.54. The van der Waals surface area contributed by atoms with Crippen molar-refractivity contribution in [2.24, 2.45) is 4.99 Å². The van der Waals surface area contributed by atoms with Crippen LogP contribution in [0.15, 0.2) is 62.8 Å². The number of aryl methyl sites for hydroxylation is 2. The number of benzene rings is 2. The van der Waals surface area contributed by atoms with Crippen molar-refractivity contribution in [2.75, 3.05) is 6.54 Å². The van der Waals surface area contributed by atoms with Crippen LogP contribution in [0.4, 0.5) is 0 Å². The third kappa shape index (κ3) is 3.99. The average Bonchev–Trinajstić information content (AvgIpc) is 2.90. The quantitative estimate of drug-likeness (QED) is 0.644. The minimum atomic E-state index is -0.0808. The van der Waals surface area contributed by atoms with E-state index in [1.165, 1.54) is 5.56 Å². The molecule has 3 rings (SSSR count). The Morgan fingerprint density at radius 1 is 1.16 bits per heavy atom. The molecule has 4 nitrogen and oxygen atoms in total. The van der Waals surface area contributed by atoms with Crippen LogP contribution in [0.2, 0.25) is 0 Å². The Kier molecular flexibility index (Phi) is 5.34. The highest BCUT2D eigenvalue weighted by Gasteiger charge is 2.11. The fourth-order valence-electron chi connectivity index (χ4n) is 2.66. The molecule has 1 aromatic heterocycles. The second kappa shape index (κ2) is 7.66. The van der Waals surface area contributed by atoms with Crippen LogP contribution in [0.3, 0.4) is 0 Å². The van der Waals surface area contributed by atoms with Crippen molar-refractivity contribution in [1.82, 2.24) is 9.78 Å². The molecule has 0 spiro atoms. The molecule has 0 atom stereocenters. The largest absolute Gasteiger partial charge is 0.295 e. The zero-order valence-electron chi connectivity index (χ0n) is 14.3. The summed E-state index contributed by atoms with van der Waals surface area (Å²) in [5.41, 5.74) is 4.48. The number of hydrogen-bond acceptors (Lipinski definition) is 2. The molecule has 1 N–H and O–H groups in total. The Hall–Kier alpha value is -2.40. The van der Waals surface area contributed by atoms with Crippen LogP contribution in [0.1, 0.15) is 22.4 Å². The lowest BCUT2D eigenvalue weighted by Gasteiger charge is -2.04. The molecule has 25 heavy (non-hydrogen) atoms. The van der Waals surface area contributed by atoms with Gasteiger partial charge in [-0.05, 0) is 49.6 Å². The zero-order chi connectivity index (χ0) is 17.8. The van der Waals surface area contributed by atoms with Gasteiger partial charge in [0, 0.05) is 22.9 Å². The van der Waals surface area contributed by atoms with E-state index in [2.05, 4.69) is 38.2 Å². The van der Waals surface area contributed by atoms with Gasteiger partial charge in [0.05, 0.1) is 11.3 Å². The molecule has 0 saturated heterocycles. The Bertz CT molecular complexity index is 955. The number of aromatic nitrogens is 2. The van der Waals surface area contributed by atoms with Crippen molar-refractivity contribution in [2.45, 2.75) is 20.3 Å². The minimum absolute atomic E-state index is 0.0808. The number of rotatable bonds is 5. The van der Waals surface area contributed by atoms with Crippen LogP contribution in [0.25, 0.3) is 5.69 Å². The standard InChI is InChI=1S/C20H20BrN3O/c1-14-12-17(8-9-19(14)21)24-20(25)18(15(2)23-24)13-22-11-10-16-6-4-3-5-7-16/h3-9,12-13,23H,10-11H2,1-2H3. The molecule has 5 heteroatoms. The summed E-state index contributed by atoms with van der Waals surface area (Å²) in [4.78, 5) is 17.1. The Morgan fingerprint density at radius 3 is 2.64 bits per heavy atom. The lowest BCUT2D eigenvalue weighted by molar-refractivity contribution is 0.834. The normalized spacial score (nSPS) is 11.3. The van der Waals surface area contributed by atoms with Gasteiger partial charge in [-0.3, -0.25) is 14.9 Å². The van der Waals surface area contributed by atoms with Crippen LogP contribution < -0.4 is 5.56 Å². The second-order valence-electron chi connectivity index (χ2n) is 6.00. The molecule has 0 bridgehead atoms. The van der Waals surface area contributed by atoms with Crippen molar-refractivity contribution >= 4 is 22.1 Å². The zero-order valence-corrected chi connectivity index (χ0v) is 15.9. The van der Waals surface area contributed by atoms with Crippen LogP contribution in [-0.2, 0) is 6.42 Å². The molecule has 0 amide bonds. The first-order valence-corrected chi connectivity index (χ1v) is 8.97. The first kappa shape index (κ1) is 17.4. The molecule has 0 fully saturated rings. The van der Waals surface area contributed by atoms with Crippen molar-refractivity contribution in [3.05, 3.63) is 85.7 Å². The molecule has 0 unspecified atom stereocenters. The van der Waals surface area contributed by atoms with E-state index in [0.29, 0.717) is 12.1 Å². The number of H-pyrrole nitrogens is 1. The molecule has 0 aliphatic rings. The number of halogens is 1. The lowest BCUT2D eigenvalue weighted by atomic mass is 10.1. The fourth-order valence-corrected chi connectivity index (χ4v) is 2.90. The number of nitrogens with one attached hydrogen (secondary N) is 1. The van der Waals surface area contributed by atoms with E-state index in [1.807, 2.05) is 50.2 Å². The van der Waals surface area contributed by atoms with Gasteiger partial charge in [0.15, 0.2) is 0 Å². The maximum atomic E-state index is 12.7. The van der Waals surface area contributed by atoms with Crippen LogP contribution in [-0.4, -0.2) is 22.5 Å². The highest BCUT2D eigenvalue weighted by atomic mass is 79.9. The summed E-state index contributed by atoms with van der Waals surface area (Å²) < 4.78 is 2.59. The van der Waals surface area contributed by atoms with Crippen molar-refractivity contribution in [1.29, 1.82) is 0 Å². The summed E-state index contributed by atoms with van der Waals surface area (Å²) in [6, 6.07) is 16.0. The van der Waals surface area contributed by atoms with E-state index < -0.39 is 0 Å². The SMILES string of the molecule is Cc1cc(-n2[nH]c(C)c(C=NCCc3ccccc3)c2=O)ccc1Br. The predicted molar refractivity (Wildman–Crippen MR) is 106 cm³/mol. The predicted octanol–water partition coefficient (Wildman–Crippen LogP) is 4.21. The Balaban J connectivity index is 1.79. The van der Waals surface area contributed by atoms with Gasteiger partial charge in [0.25, 0.3) is 5.56 Å². The van der Waals surface area contributed by atoms with Gasteiger partial charge in [0.2, 0.25) is 0 Å². The topological polar surface area (TPSA) is 50.1 Å². The monoisotopic (exact) mass is 397 g/mol. The molecular formula is C20H20BrN3O. The van der Waals surface area contributed by atoms with Crippen molar-refractivity contribution in [3.63, 3.8) is 0 Å². The first-order valence-electron chi connectivity index (χ1n) is 8.18.